The van der Waals surface area contributed by atoms with Crippen molar-refractivity contribution in [2.45, 2.75) is 53.6 Å². The van der Waals surface area contributed by atoms with Gasteiger partial charge < -0.3 is 35.6 Å². The van der Waals surface area contributed by atoms with Gasteiger partial charge in [-0.15, -0.1) is 0 Å². The molecular weight excluding hydrogens is 592 g/mol. The van der Waals surface area contributed by atoms with Crippen LogP contribution >= 0.6 is 0 Å². The zero-order valence-electron chi connectivity index (χ0n) is 29.1. The molecule has 0 saturated carbocycles. The molecule has 0 fully saturated rings. The maximum absolute atomic E-state index is 13.5. The number of nitrogens with zero attached hydrogens (tertiary/aromatic N) is 1. The third-order valence-corrected chi connectivity index (χ3v) is 7.76. The van der Waals surface area contributed by atoms with Crippen LogP contribution in [0.25, 0.3) is 0 Å². The Morgan fingerprint density at radius 2 is 1.72 bits per heavy atom. The highest BCUT2D eigenvalue weighted by Gasteiger charge is 2.29. The lowest BCUT2D eigenvalue weighted by Crippen LogP contribution is -2.41. The van der Waals surface area contributed by atoms with Gasteiger partial charge in [-0.2, -0.15) is 5.48 Å². The van der Waals surface area contributed by atoms with Gasteiger partial charge in [0.15, 0.2) is 11.5 Å². The molecule has 3 aromatic rings. The molecule has 1 amide bonds. The summed E-state index contributed by atoms with van der Waals surface area (Å²) in [7, 11) is 4.95. The number of amides is 1. The van der Waals surface area contributed by atoms with Gasteiger partial charge in [0.1, 0.15) is 5.84 Å². The minimum atomic E-state index is -0.590. The van der Waals surface area contributed by atoms with Gasteiger partial charge in [0.2, 0.25) is 0 Å². The van der Waals surface area contributed by atoms with E-state index in [1.54, 1.807) is 37.3 Å². The van der Waals surface area contributed by atoms with E-state index in [2.05, 4.69) is 43.5 Å². The minimum Gasteiger partial charge on any atom is -0.491 e. The van der Waals surface area contributed by atoms with Gasteiger partial charge >= 0.3 is 0 Å². The van der Waals surface area contributed by atoms with Crippen LogP contribution in [0.15, 0.2) is 84.8 Å². The van der Waals surface area contributed by atoms with Gasteiger partial charge in [0.25, 0.3) is 5.91 Å². The zero-order chi connectivity index (χ0) is 34.9. The van der Waals surface area contributed by atoms with Gasteiger partial charge in [0, 0.05) is 37.0 Å². The molecule has 0 unspecified atom stereocenters. The smallest absolute Gasteiger partial charge is 0.255 e. The van der Waals surface area contributed by atoms with Crippen LogP contribution in [0.5, 0.6) is 11.5 Å². The Morgan fingerprint density at radius 1 is 1.04 bits per heavy atom. The third-order valence-electron chi connectivity index (χ3n) is 7.76. The second kappa shape index (κ2) is 15.7. The second-order valence-corrected chi connectivity index (χ2v) is 13.1. The van der Waals surface area contributed by atoms with Crippen LogP contribution in [0.1, 0.15) is 61.7 Å². The Hall–Kier alpha value is -4.80. The van der Waals surface area contributed by atoms with Gasteiger partial charge in [-0.1, -0.05) is 77.6 Å². The van der Waals surface area contributed by atoms with Crippen molar-refractivity contribution < 1.29 is 19.1 Å². The van der Waals surface area contributed by atoms with Crippen molar-refractivity contribution in [1.29, 1.82) is 5.41 Å². The number of rotatable bonds is 14. The van der Waals surface area contributed by atoms with E-state index in [-0.39, 0.29) is 11.3 Å². The van der Waals surface area contributed by atoms with E-state index in [4.69, 9.17) is 25.5 Å². The summed E-state index contributed by atoms with van der Waals surface area (Å²) < 4.78 is 11.5. The number of ether oxygens (including phenoxy) is 2. The Morgan fingerprint density at radius 3 is 2.34 bits per heavy atom. The summed E-state index contributed by atoms with van der Waals surface area (Å²) in [5, 5.41) is 15.0. The summed E-state index contributed by atoms with van der Waals surface area (Å²) in [5.41, 5.74) is 13.7. The monoisotopic (exact) mass is 642 g/mol. The van der Waals surface area contributed by atoms with Crippen LogP contribution in [0.2, 0.25) is 0 Å². The predicted molar refractivity (Wildman–Crippen MR) is 191 cm³/mol. The average Bonchev–Trinajstić information content (AvgIpc) is 3.03. The molecule has 0 aliphatic heterocycles. The van der Waals surface area contributed by atoms with Crippen LogP contribution in [-0.2, 0) is 16.8 Å². The number of anilines is 2. The summed E-state index contributed by atoms with van der Waals surface area (Å²) in [5.74, 6) is 0.863. The van der Waals surface area contributed by atoms with Gasteiger partial charge in [-0.3, -0.25) is 10.2 Å². The van der Waals surface area contributed by atoms with Crippen LogP contribution in [0, 0.1) is 17.7 Å². The Balaban J connectivity index is 1.73. The Bertz CT molecular complexity index is 1610. The second-order valence-electron chi connectivity index (χ2n) is 13.1. The van der Waals surface area contributed by atoms with E-state index >= 15 is 0 Å². The number of benzene rings is 3. The fourth-order valence-electron chi connectivity index (χ4n) is 4.73. The third kappa shape index (κ3) is 9.60. The van der Waals surface area contributed by atoms with Crippen molar-refractivity contribution in [2.24, 2.45) is 11.1 Å². The van der Waals surface area contributed by atoms with E-state index in [1.807, 2.05) is 69.3 Å². The highest BCUT2D eigenvalue weighted by atomic mass is 16.7. The molecule has 47 heavy (non-hydrogen) atoms. The zero-order valence-corrected chi connectivity index (χ0v) is 29.1. The quantitative estimate of drug-likeness (QED) is 0.0553. The lowest BCUT2D eigenvalue weighted by atomic mass is 9.86. The number of carbonyl (C=O) groups is 1. The summed E-state index contributed by atoms with van der Waals surface area (Å²) >= 11 is 0. The molecule has 3 aromatic carbocycles. The Labute approximate surface area is 279 Å². The topological polar surface area (TPSA) is 134 Å². The molecule has 0 atom stereocenters. The molecule has 10 heteroatoms. The largest absolute Gasteiger partial charge is 0.491 e. The van der Waals surface area contributed by atoms with E-state index in [1.165, 1.54) is 7.11 Å². The molecule has 0 aromatic heterocycles. The maximum atomic E-state index is 13.5. The fraction of sp³-hybridized carbons (Fsp3) is 0.351. The standard InChI is InChI=1S/C37H50N6O4/c1-24-16-17-27(34(44)42-31-19-28(36(3,4)5)20-32(47-40-8)33(31)45-10)18-30(24)41-21-29(38)25(2)43(9)35(39)37(6,7)23-46-22-26-14-12-11-13-15-26/h11-21,39-41H,2,22-23,38H2,1,3-10H3,(H,42,44)/b29-21-,39-35?. The maximum Gasteiger partial charge on any atom is 0.255 e. The number of amidine groups is 1. The van der Waals surface area contributed by atoms with Crippen molar-refractivity contribution >= 4 is 23.1 Å². The summed E-state index contributed by atoms with van der Waals surface area (Å²) in [6, 6.07) is 19.1. The van der Waals surface area contributed by atoms with E-state index in [9.17, 15) is 4.79 Å². The lowest BCUT2D eigenvalue weighted by molar-refractivity contribution is 0.0751. The van der Waals surface area contributed by atoms with Crippen molar-refractivity contribution in [3.63, 3.8) is 0 Å². The number of nitrogens with two attached hydrogens (primary N) is 1. The molecule has 0 radical (unpaired) electrons. The number of nitrogens with one attached hydrogen (secondary N) is 4. The minimum absolute atomic E-state index is 0.201. The normalized spacial score (nSPS) is 11.9. The van der Waals surface area contributed by atoms with Crippen molar-refractivity contribution in [1.82, 2.24) is 10.4 Å². The molecule has 0 saturated heterocycles. The molecule has 0 bridgehead atoms. The number of carbonyl (C=O) groups excluding carboxylic acids is 1. The molecule has 252 valence electrons. The van der Waals surface area contributed by atoms with Crippen molar-refractivity contribution in [3.8, 4) is 11.5 Å². The number of methoxy groups -OCH3 is 1. The fourth-order valence-corrected chi connectivity index (χ4v) is 4.73. The highest BCUT2D eigenvalue weighted by Crippen LogP contribution is 2.40. The van der Waals surface area contributed by atoms with E-state index in [0.717, 1.165) is 16.7 Å². The summed E-state index contributed by atoms with van der Waals surface area (Å²) in [4.78, 5) is 20.7. The lowest BCUT2D eigenvalue weighted by Gasteiger charge is -2.33. The van der Waals surface area contributed by atoms with E-state index < -0.39 is 5.41 Å². The number of aryl methyl sites for hydroxylation is 1. The molecule has 0 aliphatic rings. The molecular formula is C37H50N6O4. The van der Waals surface area contributed by atoms with Crippen molar-refractivity contribution in [3.05, 3.63) is 107 Å². The summed E-state index contributed by atoms with van der Waals surface area (Å²) in [6.45, 7) is 17.0. The molecule has 0 aliphatic carbocycles. The van der Waals surface area contributed by atoms with Crippen LogP contribution in [-0.4, -0.2) is 44.5 Å². The molecule has 10 nitrogen and oxygen atoms in total. The molecule has 6 N–H and O–H groups in total. The van der Waals surface area contributed by atoms with Crippen LogP contribution in [0.3, 0.4) is 0 Å². The first kappa shape index (κ1) is 36.7. The highest BCUT2D eigenvalue weighted by molar-refractivity contribution is 6.06. The molecule has 0 spiro atoms. The van der Waals surface area contributed by atoms with E-state index in [0.29, 0.717) is 58.9 Å². The van der Waals surface area contributed by atoms with Gasteiger partial charge in [-0.05, 0) is 53.3 Å². The SMILES string of the molecule is C=C(/C(N)=C/Nc1cc(C(=O)Nc2cc(C(C)(C)C)cc(ONC)c2OC)ccc1C)N(C)C(=N)C(C)(C)COCc1ccccc1. The first-order valence-electron chi connectivity index (χ1n) is 15.4. The number of hydrogen-bond acceptors (Lipinski definition) is 8. The van der Waals surface area contributed by atoms with Crippen LogP contribution in [0.4, 0.5) is 11.4 Å². The Kier molecular flexibility index (Phi) is 12.2. The predicted octanol–water partition coefficient (Wildman–Crippen LogP) is 6.94. The van der Waals surface area contributed by atoms with Crippen LogP contribution < -0.4 is 31.4 Å². The number of hydroxylamine groups is 1. The van der Waals surface area contributed by atoms with Crippen molar-refractivity contribution in [2.75, 3.05) is 38.4 Å². The number of hydrogen-bond donors (Lipinski definition) is 5. The number of likely N-dealkylation sites (N-methyl/N-ethyl adjacent to an activating group) is 1. The van der Waals surface area contributed by atoms with Gasteiger partial charge in [0.05, 0.1) is 37.4 Å². The average molecular weight is 643 g/mol. The van der Waals surface area contributed by atoms with Gasteiger partial charge in [-0.25, -0.2) is 0 Å². The summed E-state index contributed by atoms with van der Waals surface area (Å²) in [6.07, 6.45) is 1.62. The first-order valence-corrected chi connectivity index (χ1v) is 15.4. The molecule has 0 heterocycles. The first-order chi connectivity index (χ1) is 22.1. The molecule has 3 rings (SSSR count).